The predicted octanol–water partition coefficient (Wildman–Crippen LogP) is 7.40. The van der Waals surface area contributed by atoms with Crippen molar-refractivity contribution < 1.29 is 32.7 Å². The SMILES string of the molecule is C=C/C=C\C(=C/C)c1cccc(C([NH-])=NC(=[N-])c2cccc(/C(C=C)=C/C=C)c2)c1.[Y]. The number of nitrogens with one attached hydrogen (secondary N) is 1. The van der Waals surface area contributed by atoms with Crippen molar-refractivity contribution >= 4 is 22.8 Å². The molecule has 0 saturated carbocycles. The number of allylic oxidation sites excluding steroid dienone is 9. The van der Waals surface area contributed by atoms with Gasteiger partial charge in [0.1, 0.15) is 0 Å². The number of hydrogen-bond donors (Lipinski definition) is 0. The Morgan fingerprint density at radius 1 is 0.903 bits per heavy atom. The van der Waals surface area contributed by atoms with Crippen LogP contribution in [0, 0.1) is 0 Å². The van der Waals surface area contributed by atoms with E-state index in [1.165, 1.54) is 0 Å². The molecule has 1 radical (unpaired) electrons. The minimum atomic E-state index is -0.216. The van der Waals surface area contributed by atoms with Crippen LogP contribution in [0.2, 0.25) is 0 Å². The summed E-state index contributed by atoms with van der Waals surface area (Å²) in [7, 11) is 0. The van der Waals surface area contributed by atoms with Crippen molar-refractivity contribution in [3.63, 3.8) is 0 Å². The molecule has 0 aliphatic heterocycles. The average molecular weight is 480 g/mol. The summed E-state index contributed by atoms with van der Waals surface area (Å²) in [6.07, 6.45) is 12.8. The van der Waals surface area contributed by atoms with Crippen LogP contribution < -0.4 is 0 Å². The van der Waals surface area contributed by atoms with Crippen molar-refractivity contribution in [2.24, 2.45) is 4.99 Å². The standard InChI is InChI=1S/C27H25N3.Y/c1-5-9-13-21(8-4)23-15-11-17-25(19-23)27(29)30-26(28)24-16-10-14-22(18-24)20(7-3)12-6-2;/h5-19H,1-3H2,4H3,(H-2,28,29,30);/q-2;/b13-9-,20-12+,21-8+;. The summed E-state index contributed by atoms with van der Waals surface area (Å²) in [5, 5.41) is 10.5. The molecule has 31 heavy (non-hydrogen) atoms. The molecule has 0 unspecified atom stereocenters. The maximum atomic E-state index is 10.5. The summed E-state index contributed by atoms with van der Waals surface area (Å²) in [4.78, 5) is 4.11. The molecule has 0 saturated heterocycles. The van der Waals surface area contributed by atoms with E-state index in [1.807, 2.05) is 61.6 Å². The molecule has 4 heteroatoms. The van der Waals surface area contributed by atoms with E-state index in [0.717, 1.165) is 22.3 Å². The minimum absolute atomic E-state index is 0. The Morgan fingerprint density at radius 2 is 1.48 bits per heavy atom. The molecule has 3 nitrogen and oxygen atoms in total. The monoisotopic (exact) mass is 480 g/mol. The Labute approximate surface area is 210 Å². The molecule has 0 heterocycles. The summed E-state index contributed by atoms with van der Waals surface area (Å²) in [6.45, 7) is 13.2. The van der Waals surface area contributed by atoms with Crippen LogP contribution in [0.3, 0.4) is 0 Å². The fourth-order valence-corrected chi connectivity index (χ4v) is 2.86. The van der Waals surface area contributed by atoms with Gasteiger partial charge >= 0.3 is 0 Å². The maximum Gasteiger partial charge on any atom is 0 e. The second-order valence-corrected chi connectivity index (χ2v) is 6.35. The zero-order valence-corrected chi connectivity index (χ0v) is 20.6. The summed E-state index contributed by atoms with van der Waals surface area (Å²) < 4.78 is 0. The van der Waals surface area contributed by atoms with Gasteiger partial charge in [-0.1, -0.05) is 110 Å². The van der Waals surface area contributed by atoms with Crippen molar-refractivity contribution in [2.75, 3.05) is 0 Å². The fraction of sp³-hybridized carbons (Fsp3) is 0.0370. The molecule has 0 atom stereocenters. The number of hydrogen-bond acceptors (Lipinski definition) is 0. The zero-order valence-electron chi connectivity index (χ0n) is 17.8. The molecular weight excluding hydrogens is 455 g/mol. The van der Waals surface area contributed by atoms with Crippen LogP contribution in [-0.2, 0) is 32.7 Å². The molecule has 153 valence electrons. The third-order valence-corrected chi connectivity index (χ3v) is 4.38. The summed E-state index contributed by atoms with van der Waals surface area (Å²) in [5.74, 6) is -0.236. The van der Waals surface area contributed by atoms with Crippen molar-refractivity contribution in [3.05, 3.63) is 144 Å². The molecule has 2 rings (SSSR count). The van der Waals surface area contributed by atoms with Crippen LogP contribution in [0.1, 0.15) is 29.2 Å². The van der Waals surface area contributed by atoms with E-state index in [2.05, 4.69) is 24.7 Å². The van der Waals surface area contributed by atoms with Crippen molar-refractivity contribution in [1.29, 1.82) is 0 Å². The van der Waals surface area contributed by atoms with Gasteiger partial charge in [0.25, 0.3) is 0 Å². The van der Waals surface area contributed by atoms with E-state index in [9.17, 15) is 5.41 Å². The number of amidine groups is 2. The van der Waals surface area contributed by atoms with Crippen molar-refractivity contribution in [2.45, 2.75) is 6.92 Å². The van der Waals surface area contributed by atoms with Gasteiger partial charge in [-0.3, -0.25) is 0 Å². The molecule has 0 bridgehead atoms. The number of aliphatic imine (C=N–C) groups is 1. The van der Waals surface area contributed by atoms with Crippen molar-refractivity contribution in [1.82, 2.24) is 0 Å². The summed E-state index contributed by atoms with van der Waals surface area (Å²) in [5.41, 5.74) is 13.2. The second kappa shape index (κ2) is 13.4. The van der Waals surface area contributed by atoms with Gasteiger partial charge in [0, 0.05) is 32.7 Å². The average Bonchev–Trinajstić information content (AvgIpc) is 2.78. The second-order valence-electron chi connectivity index (χ2n) is 6.35. The molecule has 0 aromatic heterocycles. The molecule has 1 N–H and O–H groups in total. The molecule has 0 fully saturated rings. The third kappa shape index (κ3) is 7.39. The number of benzene rings is 2. The Bertz CT molecular complexity index is 1090. The molecule has 0 aliphatic carbocycles. The first-order chi connectivity index (χ1) is 14.5. The zero-order chi connectivity index (χ0) is 21.9. The van der Waals surface area contributed by atoms with E-state index in [0.29, 0.717) is 11.1 Å². The minimum Gasteiger partial charge on any atom is -0.482 e. The molecule has 2 aromatic carbocycles. The third-order valence-electron chi connectivity index (χ3n) is 4.38. The van der Waals surface area contributed by atoms with Gasteiger partial charge in [-0.2, -0.15) is 0 Å². The van der Waals surface area contributed by atoms with Gasteiger partial charge in [-0.05, 0) is 52.5 Å². The maximum absolute atomic E-state index is 10.5. The van der Waals surface area contributed by atoms with Gasteiger partial charge in [-0.25, -0.2) is 0 Å². The smallest absolute Gasteiger partial charge is 0 e. The van der Waals surface area contributed by atoms with Crippen LogP contribution in [0.4, 0.5) is 0 Å². The summed E-state index contributed by atoms with van der Waals surface area (Å²) >= 11 is 0. The van der Waals surface area contributed by atoms with E-state index in [4.69, 9.17) is 5.73 Å². The summed E-state index contributed by atoms with van der Waals surface area (Å²) in [6, 6.07) is 14.8. The topological polar surface area (TPSA) is 58.5 Å². The Morgan fingerprint density at radius 3 is 2.06 bits per heavy atom. The Hall–Kier alpha value is -2.88. The first-order valence-corrected chi connectivity index (χ1v) is 9.52. The Balaban J connectivity index is 0.00000480. The van der Waals surface area contributed by atoms with Gasteiger partial charge < -0.3 is 16.1 Å². The largest absolute Gasteiger partial charge is 0.482 e. The van der Waals surface area contributed by atoms with E-state index >= 15 is 0 Å². The van der Waals surface area contributed by atoms with Crippen LogP contribution in [0.25, 0.3) is 22.3 Å². The fourth-order valence-electron chi connectivity index (χ4n) is 2.86. The number of nitrogens with zero attached hydrogens (tertiary/aromatic N) is 2. The normalized spacial score (nSPS) is 12.2. The molecule has 2 aromatic rings. The quantitative estimate of drug-likeness (QED) is 0.215. The van der Waals surface area contributed by atoms with Crippen molar-refractivity contribution in [3.8, 4) is 0 Å². The van der Waals surface area contributed by atoms with Gasteiger partial charge in [-0.15, -0.1) is 0 Å². The molecular formula is C27H25N3Y-2. The first-order valence-electron chi connectivity index (χ1n) is 9.52. The Kier molecular flexibility index (Phi) is 11.3. The van der Waals surface area contributed by atoms with Crippen LogP contribution in [0.5, 0.6) is 0 Å². The van der Waals surface area contributed by atoms with Crippen LogP contribution in [0.15, 0.2) is 116 Å². The van der Waals surface area contributed by atoms with Crippen LogP contribution >= 0.6 is 0 Å². The predicted molar refractivity (Wildman–Crippen MR) is 133 cm³/mol. The van der Waals surface area contributed by atoms with E-state index < -0.39 is 0 Å². The molecule has 0 amide bonds. The van der Waals surface area contributed by atoms with Gasteiger partial charge in [0.05, 0.1) is 0 Å². The first kappa shape index (κ1) is 26.2. The van der Waals surface area contributed by atoms with Crippen LogP contribution in [-0.4, -0.2) is 11.7 Å². The molecule has 0 spiro atoms. The van der Waals surface area contributed by atoms with Gasteiger partial charge in [0.15, 0.2) is 0 Å². The van der Waals surface area contributed by atoms with E-state index in [-0.39, 0.29) is 44.4 Å². The number of rotatable bonds is 8. The van der Waals surface area contributed by atoms with Gasteiger partial charge in [0.2, 0.25) is 0 Å². The van der Waals surface area contributed by atoms with E-state index in [1.54, 1.807) is 36.4 Å². The molecule has 0 aliphatic rings.